The van der Waals surface area contributed by atoms with E-state index in [0.717, 1.165) is 5.69 Å². The Hall–Kier alpha value is -3.23. The molecule has 0 saturated carbocycles. The lowest BCUT2D eigenvalue weighted by molar-refractivity contribution is 0.0276. The molecule has 4 rings (SSSR count). The highest BCUT2D eigenvalue weighted by molar-refractivity contribution is 6.30. The minimum Gasteiger partial charge on any atom is -0.493 e. The number of halogens is 1. The van der Waals surface area contributed by atoms with Gasteiger partial charge in [0.05, 0.1) is 24.1 Å². The number of hydrogen-bond donors (Lipinski definition) is 2. The molecule has 0 aromatic heterocycles. The predicted molar refractivity (Wildman–Crippen MR) is 113 cm³/mol. The van der Waals surface area contributed by atoms with Crippen molar-refractivity contribution in [2.45, 2.75) is 19.4 Å². The molecule has 0 atom stereocenters. The van der Waals surface area contributed by atoms with Gasteiger partial charge in [-0.15, -0.1) is 5.10 Å². The van der Waals surface area contributed by atoms with E-state index in [0.29, 0.717) is 33.6 Å². The number of rotatable bonds is 6. The van der Waals surface area contributed by atoms with Crippen LogP contribution in [0.3, 0.4) is 0 Å². The minimum atomic E-state index is -0.976. The molecule has 9 heteroatoms. The predicted octanol–water partition coefficient (Wildman–Crippen LogP) is 3.27. The zero-order valence-electron chi connectivity index (χ0n) is 16.7. The zero-order valence-corrected chi connectivity index (χ0v) is 17.5. The van der Waals surface area contributed by atoms with Crippen LogP contribution >= 0.6 is 11.6 Å². The number of benzene rings is 2. The van der Waals surface area contributed by atoms with Crippen LogP contribution in [0.5, 0.6) is 11.5 Å². The second-order valence-electron chi connectivity index (χ2n) is 7.50. The van der Waals surface area contributed by atoms with Crippen LogP contribution in [-0.2, 0) is 0 Å². The summed E-state index contributed by atoms with van der Waals surface area (Å²) in [7, 11) is 1.52. The molecule has 0 fully saturated rings. The summed E-state index contributed by atoms with van der Waals surface area (Å²) in [5, 5.41) is 18.0. The van der Waals surface area contributed by atoms with Gasteiger partial charge in [-0.05, 0) is 50.2 Å². The van der Waals surface area contributed by atoms with Crippen molar-refractivity contribution >= 4 is 11.6 Å². The summed E-state index contributed by atoms with van der Waals surface area (Å²) in [5.41, 5.74) is 1.04. The highest BCUT2D eigenvalue weighted by atomic mass is 35.5. The van der Waals surface area contributed by atoms with Gasteiger partial charge in [0.1, 0.15) is 12.3 Å². The zero-order chi connectivity index (χ0) is 21.5. The Bertz CT molecular complexity index is 1200. The van der Waals surface area contributed by atoms with Gasteiger partial charge in [0, 0.05) is 17.3 Å². The Morgan fingerprint density at radius 2 is 1.83 bits per heavy atom. The van der Waals surface area contributed by atoms with Gasteiger partial charge in [0.15, 0.2) is 17.2 Å². The lowest BCUT2D eigenvalue weighted by Gasteiger charge is -2.19. The standard InChI is InChI=1S/C21H21ClN4O4/c1-21(2,28)12-30-17-9-8-15(10-18(17)29-3)25-11-16-19(20(25)27)24-26(23-16)14-6-4-13(22)5-7-14/h4-11,23,28H,12H2,1-3H3. The fourth-order valence-electron chi connectivity index (χ4n) is 2.97. The fourth-order valence-corrected chi connectivity index (χ4v) is 3.10. The summed E-state index contributed by atoms with van der Waals surface area (Å²) in [6.45, 7) is 3.42. The van der Waals surface area contributed by atoms with Crippen molar-refractivity contribution in [2.24, 2.45) is 0 Å². The Morgan fingerprint density at radius 1 is 1.13 bits per heavy atom. The summed E-state index contributed by atoms with van der Waals surface area (Å²) in [5.74, 6) is 0.935. The number of nitrogens with zero attached hydrogens (tertiary/aromatic N) is 3. The van der Waals surface area contributed by atoms with Crippen LogP contribution in [0.1, 0.15) is 13.8 Å². The monoisotopic (exact) mass is 428 g/mol. The lowest BCUT2D eigenvalue weighted by atomic mass is 10.2. The SMILES string of the molecule is COc1cc(-n2cc3[nH]n(-c4ccc(Cl)cc4)nc-3c2=O)ccc1OCC(C)(C)O. The second-order valence-corrected chi connectivity index (χ2v) is 7.94. The molecule has 2 aromatic rings. The van der Waals surface area contributed by atoms with Crippen molar-refractivity contribution < 1.29 is 14.6 Å². The number of ether oxygens (including phenoxy) is 2. The van der Waals surface area contributed by atoms with Crippen LogP contribution in [0.2, 0.25) is 5.02 Å². The minimum absolute atomic E-state index is 0.108. The topological polar surface area (TPSA) is 94.3 Å². The maximum atomic E-state index is 12.9. The van der Waals surface area contributed by atoms with Crippen molar-refractivity contribution in [1.82, 2.24) is 19.6 Å². The van der Waals surface area contributed by atoms with Crippen LogP contribution < -0.4 is 15.0 Å². The highest BCUT2D eigenvalue weighted by Crippen LogP contribution is 2.30. The highest BCUT2D eigenvalue weighted by Gasteiger charge is 2.21. The van der Waals surface area contributed by atoms with E-state index in [9.17, 15) is 9.90 Å². The first kappa shape index (κ1) is 20.1. The van der Waals surface area contributed by atoms with Crippen LogP contribution in [0, 0.1) is 0 Å². The van der Waals surface area contributed by atoms with Crippen LogP contribution in [-0.4, -0.2) is 44.0 Å². The molecule has 2 aliphatic rings. The summed E-state index contributed by atoms with van der Waals surface area (Å²) < 4.78 is 12.5. The summed E-state index contributed by atoms with van der Waals surface area (Å²) >= 11 is 5.92. The van der Waals surface area contributed by atoms with E-state index in [1.54, 1.807) is 62.5 Å². The van der Waals surface area contributed by atoms with Gasteiger partial charge in [-0.1, -0.05) is 11.6 Å². The van der Waals surface area contributed by atoms with Crippen molar-refractivity contribution in [3.63, 3.8) is 0 Å². The van der Waals surface area contributed by atoms with Gasteiger partial charge in [0.2, 0.25) is 0 Å². The van der Waals surface area contributed by atoms with Gasteiger partial charge in [0.25, 0.3) is 5.56 Å². The van der Waals surface area contributed by atoms with Gasteiger partial charge < -0.3 is 14.6 Å². The molecule has 2 heterocycles. The van der Waals surface area contributed by atoms with E-state index in [2.05, 4.69) is 10.2 Å². The number of fused-ring (bicyclic) bond motifs is 1. The first-order valence-corrected chi connectivity index (χ1v) is 9.63. The molecule has 2 aromatic carbocycles. The molecule has 0 spiro atoms. The Morgan fingerprint density at radius 3 is 2.47 bits per heavy atom. The number of aliphatic hydroxyl groups is 1. The van der Waals surface area contributed by atoms with Crippen molar-refractivity contribution in [3.8, 4) is 34.3 Å². The van der Waals surface area contributed by atoms with Gasteiger partial charge >= 0.3 is 0 Å². The molecule has 0 bridgehead atoms. The number of aromatic nitrogens is 4. The molecule has 2 N–H and O–H groups in total. The van der Waals surface area contributed by atoms with Crippen LogP contribution in [0.25, 0.3) is 22.8 Å². The van der Waals surface area contributed by atoms with Crippen LogP contribution in [0.15, 0.2) is 53.5 Å². The maximum absolute atomic E-state index is 12.9. The summed E-state index contributed by atoms with van der Waals surface area (Å²) in [6.07, 6.45) is 1.68. The number of aromatic amines is 1. The fraction of sp³-hybridized carbons (Fsp3) is 0.238. The molecule has 0 unspecified atom stereocenters. The quantitative estimate of drug-likeness (QED) is 0.491. The average molecular weight is 429 g/mol. The number of nitrogens with one attached hydrogen (secondary N) is 1. The molecule has 0 radical (unpaired) electrons. The van der Waals surface area contributed by atoms with E-state index in [4.69, 9.17) is 21.1 Å². The molecule has 2 aliphatic heterocycles. The van der Waals surface area contributed by atoms with E-state index in [1.165, 1.54) is 16.5 Å². The van der Waals surface area contributed by atoms with Crippen molar-refractivity contribution in [1.29, 1.82) is 0 Å². The molecule has 0 saturated heterocycles. The number of methoxy groups -OCH3 is 1. The Balaban J connectivity index is 1.67. The molecular formula is C21H21ClN4O4. The Labute approximate surface area is 177 Å². The van der Waals surface area contributed by atoms with E-state index >= 15 is 0 Å². The largest absolute Gasteiger partial charge is 0.493 e. The second kappa shape index (κ2) is 7.55. The first-order valence-electron chi connectivity index (χ1n) is 9.25. The molecule has 0 aliphatic carbocycles. The normalized spacial score (nSPS) is 11.8. The van der Waals surface area contributed by atoms with Crippen LogP contribution in [0.4, 0.5) is 0 Å². The first-order chi connectivity index (χ1) is 14.2. The molecule has 0 amide bonds. The van der Waals surface area contributed by atoms with Crippen molar-refractivity contribution in [2.75, 3.05) is 13.7 Å². The smallest absolute Gasteiger partial charge is 0.285 e. The van der Waals surface area contributed by atoms with Crippen molar-refractivity contribution in [3.05, 3.63) is 64.0 Å². The van der Waals surface area contributed by atoms with Gasteiger partial charge in [-0.2, -0.15) is 4.80 Å². The third kappa shape index (κ3) is 3.92. The molecular weight excluding hydrogens is 408 g/mol. The van der Waals surface area contributed by atoms with E-state index in [-0.39, 0.29) is 12.2 Å². The molecule has 30 heavy (non-hydrogen) atoms. The number of hydrogen-bond acceptors (Lipinski definition) is 5. The third-order valence-electron chi connectivity index (χ3n) is 4.44. The van der Waals surface area contributed by atoms with E-state index < -0.39 is 5.60 Å². The maximum Gasteiger partial charge on any atom is 0.285 e. The van der Waals surface area contributed by atoms with Gasteiger partial charge in [-0.3, -0.25) is 14.5 Å². The average Bonchev–Trinajstić information content (AvgIpc) is 3.26. The number of H-pyrrole nitrogens is 1. The third-order valence-corrected chi connectivity index (χ3v) is 4.69. The van der Waals surface area contributed by atoms with Gasteiger partial charge in [-0.25, -0.2) is 0 Å². The lowest BCUT2D eigenvalue weighted by Crippen LogP contribution is -2.28. The summed E-state index contributed by atoms with van der Waals surface area (Å²) in [6, 6.07) is 12.3. The Kier molecular flexibility index (Phi) is 5.05. The molecule has 8 nitrogen and oxygen atoms in total. The summed E-state index contributed by atoms with van der Waals surface area (Å²) in [4.78, 5) is 14.4. The van der Waals surface area contributed by atoms with E-state index in [1.807, 2.05) is 0 Å². The molecule has 156 valence electrons.